The van der Waals surface area contributed by atoms with Gasteiger partial charge in [-0.15, -0.1) is 11.6 Å². The molecule has 0 saturated carbocycles. The molecule has 1 rings (SSSR count). The summed E-state index contributed by atoms with van der Waals surface area (Å²) in [6, 6.07) is 0. The number of carboxylic acids is 1. The van der Waals surface area contributed by atoms with Crippen LogP contribution >= 0.6 is 11.6 Å². The van der Waals surface area contributed by atoms with Crippen LogP contribution in [-0.2, 0) is 20.9 Å². The average Bonchev–Trinajstić information content (AvgIpc) is 2.77. The van der Waals surface area contributed by atoms with Crippen molar-refractivity contribution in [1.82, 2.24) is 9.55 Å². The number of nitrogens with zero attached hydrogens (tertiary/aromatic N) is 3. The number of aryl methyl sites for hydroxylation is 1. The Morgan fingerprint density at radius 1 is 1.57 bits per heavy atom. The average molecular weight is 320 g/mol. The fourth-order valence-corrected chi connectivity index (χ4v) is 1.76. The Morgan fingerprint density at radius 2 is 2.24 bits per heavy atom. The highest BCUT2D eigenvalue weighted by Crippen LogP contribution is 2.16. The number of carbonyl (C=O) groups is 2. The third-order valence-corrected chi connectivity index (χ3v) is 2.96. The molecule has 0 fully saturated rings. The van der Waals surface area contributed by atoms with Crippen LogP contribution in [0.3, 0.4) is 0 Å². The van der Waals surface area contributed by atoms with Crippen molar-refractivity contribution < 1.29 is 24.4 Å². The van der Waals surface area contributed by atoms with Crippen LogP contribution in [0.5, 0.6) is 0 Å². The van der Waals surface area contributed by atoms with E-state index in [-0.39, 0.29) is 31.1 Å². The molecule has 21 heavy (non-hydrogen) atoms. The second kappa shape index (κ2) is 7.58. The van der Waals surface area contributed by atoms with Crippen LogP contribution in [0.25, 0.3) is 0 Å². The van der Waals surface area contributed by atoms with E-state index >= 15 is 0 Å². The maximum absolute atomic E-state index is 11.4. The summed E-state index contributed by atoms with van der Waals surface area (Å²) in [5.41, 5.74) is 0. The fraction of sp³-hybridized carbons (Fsp3) is 0.545. The zero-order valence-corrected chi connectivity index (χ0v) is 11.9. The van der Waals surface area contributed by atoms with E-state index in [0.717, 1.165) is 6.20 Å². The van der Waals surface area contributed by atoms with Crippen LogP contribution in [0.1, 0.15) is 18.7 Å². The highest BCUT2D eigenvalue weighted by molar-refractivity contribution is 6.18. The molecule has 1 N–H and O–H groups in total. The smallest absolute Gasteiger partial charge is 0.342 e. The van der Waals surface area contributed by atoms with Crippen LogP contribution in [0.4, 0.5) is 5.82 Å². The van der Waals surface area contributed by atoms with Crippen LogP contribution < -0.4 is 0 Å². The van der Waals surface area contributed by atoms with Crippen molar-refractivity contribution >= 4 is 29.4 Å². The van der Waals surface area contributed by atoms with E-state index in [1.54, 1.807) is 6.92 Å². The first-order chi connectivity index (χ1) is 9.85. The number of aliphatic carboxylic acids is 1. The molecule has 1 aromatic heterocycles. The van der Waals surface area contributed by atoms with E-state index < -0.39 is 23.0 Å². The molecule has 0 spiro atoms. The maximum Gasteiger partial charge on any atom is 0.342 e. The molecule has 0 aliphatic carbocycles. The number of hydrogen-bond acceptors (Lipinski definition) is 6. The molecule has 0 saturated heterocycles. The minimum atomic E-state index is -1.12. The number of alkyl halides is 1. The van der Waals surface area contributed by atoms with Gasteiger partial charge in [-0.3, -0.25) is 9.59 Å². The largest absolute Gasteiger partial charge is 0.481 e. The quantitative estimate of drug-likeness (QED) is 0.329. The normalized spacial score (nSPS) is 11.9. The topological polar surface area (TPSA) is 125 Å². The molecule has 116 valence electrons. The lowest BCUT2D eigenvalue weighted by atomic mass is 10.3. The molecule has 0 aliphatic rings. The number of ether oxygens (including phenoxy) is 1. The first-order valence-electron chi connectivity index (χ1n) is 5.99. The molecule has 1 heterocycles. The number of aromatic nitrogens is 2. The summed E-state index contributed by atoms with van der Waals surface area (Å²) in [6.07, 6.45) is -0.335. The van der Waals surface area contributed by atoms with Gasteiger partial charge in [0.05, 0.1) is 18.7 Å². The first-order valence-corrected chi connectivity index (χ1v) is 6.52. The van der Waals surface area contributed by atoms with Crippen LogP contribution in [0.15, 0.2) is 6.20 Å². The molecule has 10 heteroatoms. The van der Waals surface area contributed by atoms with Crippen molar-refractivity contribution in [2.75, 3.05) is 5.88 Å². The second-order valence-corrected chi connectivity index (χ2v) is 4.50. The number of rotatable bonds is 8. The van der Waals surface area contributed by atoms with Crippen molar-refractivity contribution in [3.8, 4) is 0 Å². The molecule has 1 atom stereocenters. The third kappa shape index (κ3) is 5.03. The molecule has 0 aliphatic heterocycles. The number of hydrogen-bond donors (Lipinski definition) is 1. The second-order valence-electron chi connectivity index (χ2n) is 4.19. The number of nitro groups is 1. The van der Waals surface area contributed by atoms with Gasteiger partial charge >= 0.3 is 17.8 Å². The zero-order valence-electron chi connectivity index (χ0n) is 11.2. The Kier molecular flexibility index (Phi) is 6.10. The molecule has 0 unspecified atom stereocenters. The summed E-state index contributed by atoms with van der Waals surface area (Å²) < 4.78 is 6.28. The van der Waals surface area contributed by atoms with Crippen LogP contribution in [-0.4, -0.2) is 43.5 Å². The summed E-state index contributed by atoms with van der Waals surface area (Å²) in [4.78, 5) is 35.9. The highest BCUT2D eigenvalue weighted by Gasteiger charge is 2.23. The Balaban J connectivity index is 2.70. The van der Waals surface area contributed by atoms with Gasteiger partial charge in [0, 0.05) is 6.92 Å². The Bertz CT molecular complexity index is 544. The number of carboxylic acid groups (broad SMARTS) is 1. The third-order valence-electron chi connectivity index (χ3n) is 2.62. The summed E-state index contributed by atoms with van der Waals surface area (Å²) in [6.45, 7) is 1.55. The lowest BCUT2D eigenvalue weighted by Gasteiger charge is -2.14. The summed E-state index contributed by atoms with van der Waals surface area (Å²) in [5, 5.41) is 19.3. The predicted octanol–water partition coefficient (Wildman–Crippen LogP) is 1.12. The molecule has 0 radical (unpaired) electrons. The van der Waals surface area contributed by atoms with Crippen LogP contribution in [0.2, 0.25) is 0 Å². The predicted molar refractivity (Wildman–Crippen MR) is 71.1 cm³/mol. The van der Waals surface area contributed by atoms with E-state index in [9.17, 15) is 19.7 Å². The first kappa shape index (κ1) is 16.9. The van der Waals surface area contributed by atoms with Crippen molar-refractivity contribution in [3.63, 3.8) is 0 Å². The Labute approximate surface area is 124 Å². The SMILES string of the molecule is Cc1ncc([N+](=O)[O-])n1C[C@@H](CCl)OC(=O)CCC(=O)O. The monoisotopic (exact) mass is 319 g/mol. The summed E-state index contributed by atoms with van der Waals surface area (Å²) in [5.74, 6) is -1.75. The maximum atomic E-state index is 11.4. The number of imidazole rings is 1. The van der Waals surface area contributed by atoms with Gasteiger partial charge in [-0.05, 0) is 4.92 Å². The van der Waals surface area contributed by atoms with Gasteiger partial charge in [-0.25, -0.2) is 9.55 Å². The molecule has 0 bridgehead atoms. The highest BCUT2D eigenvalue weighted by atomic mass is 35.5. The van der Waals surface area contributed by atoms with Gasteiger partial charge < -0.3 is 20.0 Å². The van der Waals surface area contributed by atoms with E-state index in [0.29, 0.717) is 5.82 Å². The summed E-state index contributed by atoms with van der Waals surface area (Å²) >= 11 is 5.68. The Morgan fingerprint density at radius 3 is 2.76 bits per heavy atom. The van der Waals surface area contributed by atoms with Gasteiger partial charge in [0.2, 0.25) is 0 Å². The standard InChI is InChI=1S/C11H14ClN3O6/c1-7-13-5-9(15(19)20)14(7)6-8(4-12)21-11(18)3-2-10(16)17/h5,8H,2-4,6H2,1H3,(H,16,17)/t8-/m1/s1. The van der Waals surface area contributed by atoms with Gasteiger partial charge in [0.25, 0.3) is 0 Å². The van der Waals surface area contributed by atoms with E-state index in [2.05, 4.69) is 4.98 Å². The van der Waals surface area contributed by atoms with Gasteiger partial charge in [0.1, 0.15) is 12.7 Å². The van der Waals surface area contributed by atoms with Crippen LogP contribution in [0, 0.1) is 17.0 Å². The number of halogens is 1. The number of esters is 1. The van der Waals surface area contributed by atoms with Crippen molar-refractivity contribution in [2.24, 2.45) is 0 Å². The van der Waals surface area contributed by atoms with Gasteiger partial charge in [-0.2, -0.15) is 0 Å². The summed E-state index contributed by atoms with van der Waals surface area (Å²) in [7, 11) is 0. The van der Waals surface area contributed by atoms with Gasteiger partial charge in [0.15, 0.2) is 11.9 Å². The van der Waals surface area contributed by atoms with Crippen molar-refractivity contribution in [3.05, 3.63) is 22.1 Å². The molecule has 0 aromatic carbocycles. The fourth-order valence-electron chi connectivity index (χ4n) is 1.60. The number of carbonyl (C=O) groups excluding carboxylic acids is 1. The van der Waals surface area contributed by atoms with E-state index in [1.165, 1.54) is 4.57 Å². The van der Waals surface area contributed by atoms with Gasteiger partial charge in [-0.1, -0.05) is 0 Å². The lowest BCUT2D eigenvalue weighted by Crippen LogP contribution is -2.26. The Hall–Kier alpha value is -2.16. The van der Waals surface area contributed by atoms with Crippen molar-refractivity contribution in [1.29, 1.82) is 0 Å². The van der Waals surface area contributed by atoms with E-state index in [4.69, 9.17) is 21.4 Å². The molecule has 9 nitrogen and oxygen atoms in total. The van der Waals surface area contributed by atoms with Crippen molar-refractivity contribution in [2.45, 2.75) is 32.4 Å². The zero-order chi connectivity index (χ0) is 16.0. The van der Waals surface area contributed by atoms with E-state index in [1.807, 2.05) is 0 Å². The lowest BCUT2D eigenvalue weighted by molar-refractivity contribution is -0.392. The molecule has 0 amide bonds. The molecular formula is C11H14ClN3O6. The minimum absolute atomic E-state index is 0.0234. The molecule has 1 aromatic rings. The minimum Gasteiger partial charge on any atom is -0.481 e. The molecular weight excluding hydrogens is 306 g/mol.